The molecule has 0 saturated heterocycles. The Kier molecular flexibility index (Phi) is 3.86. The number of halogens is 2. The van der Waals surface area contributed by atoms with E-state index in [1.165, 1.54) is 0 Å². The van der Waals surface area contributed by atoms with Gasteiger partial charge in [-0.15, -0.1) is 0 Å². The second kappa shape index (κ2) is 5.38. The summed E-state index contributed by atoms with van der Waals surface area (Å²) in [6.07, 6.45) is 0.699. The van der Waals surface area contributed by atoms with Crippen molar-refractivity contribution in [2.24, 2.45) is 0 Å². The second-order valence-corrected chi connectivity index (χ2v) is 4.08. The van der Waals surface area contributed by atoms with Crippen LogP contribution in [0.5, 0.6) is 5.75 Å². The van der Waals surface area contributed by atoms with Crippen molar-refractivity contribution in [2.45, 2.75) is 20.0 Å². The molecule has 0 aliphatic heterocycles. The van der Waals surface area contributed by atoms with Gasteiger partial charge in [-0.1, -0.05) is 41.3 Å². The molecular formula is C11H10Cl2N2O2. The summed E-state index contributed by atoms with van der Waals surface area (Å²) in [5, 5.41) is 4.60. The minimum Gasteiger partial charge on any atom is -0.484 e. The topological polar surface area (TPSA) is 48.2 Å². The number of ether oxygens (including phenoxy) is 1. The number of hydrogen-bond donors (Lipinski definition) is 0. The summed E-state index contributed by atoms with van der Waals surface area (Å²) in [6, 6.07) is 5.19. The fraction of sp³-hybridized carbons (Fsp3) is 0.273. The highest BCUT2D eigenvalue weighted by Gasteiger charge is 2.08. The highest BCUT2D eigenvalue weighted by atomic mass is 35.5. The van der Waals surface area contributed by atoms with E-state index >= 15 is 0 Å². The minimum absolute atomic E-state index is 0.198. The number of nitrogens with zero attached hydrogens (tertiary/aromatic N) is 2. The van der Waals surface area contributed by atoms with Crippen molar-refractivity contribution in [3.8, 4) is 5.75 Å². The molecule has 0 saturated carbocycles. The molecule has 1 aromatic carbocycles. The van der Waals surface area contributed by atoms with E-state index in [0.717, 1.165) is 0 Å². The van der Waals surface area contributed by atoms with Crippen molar-refractivity contribution >= 4 is 23.2 Å². The molecule has 0 aliphatic rings. The summed E-state index contributed by atoms with van der Waals surface area (Å²) in [6.45, 7) is 2.13. The maximum Gasteiger partial charge on any atom is 0.226 e. The largest absolute Gasteiger partial charge is 0.484 e. The number of hydrogen-bond acceptors (Lipinski definition) is 4. The zero-order chi connectivity index (χ0) is 12.3. The van der Waals surface area contributed by atoms with Crippen LogP contribution in [0, 0.1) is 0 Å². The van der Waals surface area contributed by atoms with Crippen molar-refractivity contribution in [3.05, 3.63) is 40.0 Å². The van der Waals surface area contributed by atoms with Crippen LogP contribution in [0.25, 0.3) is 0 Å². The Bertz CT molecular complexity index is 514. The average molecular weight is 273 g/mol. The number of rotatable bonds is 4. The third-order valence-corrected chi connectivity index (χ3v) is 2.89. The van der Waals surface area contributed by atoms with E-state index < -0.39 is 0 Å². The van der Waals surface area contributed by atoms with Crippen LogP contribution in [0.1, 0.15) is 18.6 Å². The highest BCUT2D eigenvalue weighted by molar-refractivity contribution is 6.42. The predicted molar refractivity (Wildman–Crippen MR) is 64.5 cm³/mol. The molecule has 1 aromatic heterocycles. The first kappa shape index (κ1) is 12.2. The summed E-state index contributed by atoms with van der Waals surface area (Å²) in [5.41, 5.74) is 0. The molecule has 0 N–H and O–H groups in total. The molecule has 0 unspecified atom stereocenters. The lowest BCUT2D eigenvalue weighted by atomic mass is 10.3. The van der Waals surface area contributed by atoms with Gasteiger partial charge in [0, 0.05) is 6.42 Å². The normalized spacial score (nSPS) is 10.5. The van der Waals surface area contributed by atoms with Crippen LogP contribution in [-0.4, -0.2) is 10.1 Å². The van der Waals surface area contributed by atoms with Gasteiger partial charge >= 0.3 is 0 Å². The number of aromatic nitrogens is 2. The van der Waals surface area contributed by atoms with E-state index in [0.29, 0.717) is 33.9 Å². The zero-order valence-corrected chi connectivity index (χ0v) is 10.6. The molecule has 0 fully saturated rings. The lowest BCUT2D eigenvalue weighted by molar-refractivity contribution is 0.285. The van der Waals surface area contributed by atoms with Crippen molar-refractivity contribution in [1.29, 1.82) is 0 Å². The second-order valence-electron chi connectivity index (χ2n) is 3.30. The van der Waals surface area contributed by atoms with Crippen LogP contribution in [0.4, 0.5) is 0 Å². The predicted octanol–water partition coefficient (Wildman–Crippen LogP) is 3.52. The maximum absolute atomic E-state index is 5.97. The molecule has 0 bridgehead atoms. The molecule has 6 heteroatoms. The number of benzene rings is 1. The summed E-state index contributed by atoms with van der Waals surface area (Å²) in [7, 11) is 0. The Morgan fingerprint density at radius 3 is 2.88 bits per heavy atom. The van der Waals surface area contributed by atoms with Gasteiger partial charge in [-0.3, -0.25) is 0 Å². The zero-order valence-electron chi connectivity index (χ0n) is 9.11. The smallest absolute Gasteiger partial charge is 0.226 e. The van der Waals surface area contributed by atoms with E-state index in [1.807, 2.05) is 6.92 Å². The van der Waals surface area contributed by atoms with Gasteiger partial charge in [-0.25, -0.2) is 0 Å². The summed E-state index contributed by atoms with van der Waals surface area (Å²) in [4.78, 5) is 4.12. The van der Waals surface area contributed by atoms with Crippen molar-refractivity contribution < 1.29 is 9.26 Å². The van der Waals surface area contributed by atoms with Crippen LogP contribution in [0.2, 0.25) is 10.0 Å². The quantitative estimate of drug-likeness (QED) is 0.855. The highest BCUT2D eigenvalue weighted by Crippen LogP contribution is 2.31. The molecule has 0 aliphatic carbocycles. The third-order valence-electron chi connectivity index (χ3n) is 2.09. The van der Waals surface area contributed by atoms with E-state index in [4.69, 9.17) is 32.5 Å². The number of aryl methyl sites for hydroxylation is 1. The molecule has 0 atom stereocenters. The standard InChI is InChI=1S/C11H10Cl2N2O2/c1-2-10-14-9(15-17-10)6-16-8-5-3-4-7(12)11(8)13/h3-5H,2,6H2,1H3. The monoisotopic (exact) mass is 272 g/mol. The first-order valence-corrected chi connectivity index (χ1v) is 5.84. The van der Waals surface area contributed by atoms with Crippen molar-refractivity contribution in [2.75, 3.05) is 0 Å². The SMILES string of the molecule is CCc1nc(COc2cccc(Cl)c2Cl)no1. The van der Waals surface area contributed by atoms with E-state index in [1.54, 1.807) is 18.2 Å². The van der Waals surface area contributed by atoms with E-state index in [9.17, 15) is 0 Å². The van der Waals surface area contributed by atoms with Gasteiger partial charge in [-0.05, 0) is 12.1 Å². The van der Waals surface area contributed by atoms with E-state index in [-0.39, 0.29) is 6.61 Å². The molecule has 2 rings (SSSR count). The Morgan fingerprint density at radius 1 is 1.35 bits per heavy atom. The van der Waals surface area contributed by atoms with Crippen molar-refractivity contribution in [1.82, 2.24) is 10.1 Å². The van der Waals surface area contributed by atoms with Crippen LogP contribution in [0.15, 0.2) is 22.7 Å². The lowest BCUT2D eigenvalue weighted by Gasteiger charge is -2.06. The first-order valence-electron chi connectivity index (χ1n) is 5.09. The molecule has 0 amide bonds. The third kappa shape index (κ3) is 2.90. The molecule has 1 heterocycles. The van der Waals surface area contributed by atoms with Crippen molar-refractivity contribution in [3.63, 3.8) is 0 Å². The van der Waals surface area contributed by atoms with Gasteiger partial charge in [0.2, 0.25) is 11.7 Å². The van der Waals surface area contributed by atoms with Crippen LogP contribution in [0.3, 0.4) is 0 Å². The lowest BCUT2D eigenvalue weighted by Crippen LogP contribution is -1.98. The van der Waals surface area contributed by atoms with Gasteiger partial charge < -0.3 is 9.26 Å². The Morgan fingerprint density at radius 2 is 2.18 bits per heavy atom. The Labute approximate surface area is 108 Å². The molecule has 0 radical (unpaired) electrons. The fourth-order valence-corrected chi connectivity index (χ4v) is 1.58. The van der Waals surface area contributed by atoms with Gasteiger partial charge in [0.25, 0.3) is 0 Å². The van der Waals surface area contributed by atoms with E-state index in [2.05, 4.69) is 10.1 Å². The summed E-state index contributed by atoms with van der Waals surface area (Å²) >= 11 is 11.8. The van der Waals surface area contributed by atoms with Gasteiger partial charge in [0.1, 0.15) is 10.8 Å². The molecular weight excluding hydrogens is 263 g/mol. The van der Waals surface area contributed by atoms with Crippen LogP contribution >= 0.6 is 23.2 Å². The van der Waals surface area contributed by atoms with Crippen LogP contribution in [-0.2, 0) is 13.0 Å². The van der Waals surface area contributed by atoms with Gasteiger partial charge in [-0.2, -0.15) is 4.98 Å². The van der Waals surface area contributed by atoms with Crippen LogP contribution < -0.4 is 4.74 Å². The average Bonchev–Trinajstić information content (AvgIpc) is 2.79. The fourth-order valence-electron chi connectivity index (χ4n) is 1.23. The minimum atomic E-state index is 0.198. The molecule has 4 nitrogen and oxygen atoms in total. The Balaban J connectivity index is 2.04. The maximum atomic E-state index is 5.97. The molecule has 2 aromatic rings. The molecule has 0 spiro atoms. The summed E-state index contributed by atoms with van der Waals surface area (Å²) < 4.78 is 10.4. The molecule has 17 heavy (non-hydrogen) atoms. The first-order chi connectivity index (χ1) is 8.20. The van der Waals surface area contributed by atoms with Gasteiger partial charge in [0.05, 0.1) is 5.02 Å². The Hall–Kier alpha value is -1.26. The summed E-state index contributed by atoms with van der Waals surface area (Å²) in [5.74, 6) is 1.57. The molecule has 90 valence electrons. The van der Waals surface area contributed by atoms with Gasteiger partial charge in [0.15, 0.2) is 6.61 Å².